The first-order valence-electron chi connectivity index (χ1n) is 8.98. The third kappa shape index (κ3) is 6.10. The van der Waals surface area contributed by atoms with Gasteiger partial charge in [-0.2, -0.15) is 5.10 Å². The smallest absolute Gasteiger partial charge is 0.267 e. The number of aromatic nitrogens is 2. The van der Waals surface area contributed by atoms with E-state index in [9.17, 15) is 14.0 Å². The molecule has 1 N–H and O–H groups in total. The summed E-state index contributed by atoms with van der Waals surface area (Å²) >= 11 is 0. The Morgan fingerprint density at radius 2 is 1.81 bits per heavy atom. The van der Waals surface area contributed by atoms with Gasteiger partial charge in [-0.25, -0.2) is 9.07 Å². The van der Waals surface area contributed by atoms with Crippen LogP contribution in [0.25, 0.3) is 11.3 Å². The lowest BCUT2D eigenvalue weighted by Crippen LogP contribution is -2.38. The molecular formula is C20H26FN3O2. The summed E-state index contributed by atoms with van der Waals surface area (Å²) in [6.45, 7) is 6.18. The second-order valence-electron chi connectivity index (χ2n) is 7.01. The van der Waals surface area contributed by atoms with E-state index in [1.165, 1.54) is 18.2 Å². The molecule has 6 heteroatoms. The van der Waals surface area contributed by atoms with Crippen molar-refractivity contribution in [3.8, 4) is 11.3 Å². The molecule has 0 saturated heterocycles. The molecule has 26 heavy (non-hydrogen) atoms. The maximum atomic E-state index is 13.0. The van der Waals surface area contributed by atoms with Gasteiger partial charge in [0.2, 0.25) is 5.91 Å². The predicted molar refractivity (Wildman–Crippen MR) is 100 cm³/mol. The molecule has 1 heterocycles. The van der Waals surface area contributed by atoms with Crippen LogP contribution in [-0.2, 0) is 11.3 Å². The van der Waals surface area contributed by atoms with Crippen LogP contribution in [0.4, 0.5) is 4.39 Å². The summed E-state index contributed by atoms with van der Waals surface area (Å²) in [7, 11) is 0. The van der Waals surface area contributed by atoms with Gasteiger partial charge >= 0.3 is 0 Å². The summed E-state index contributed by atoms with van der Waals surface area (Å²) in [5.74, 6) is 0.0655. The third-order valence-corrected chi connectivity index (χ3v) is 4.13. The Hall–Kier alpha value is -2.50. The first kappa shape index (κ1) is 19.8. The Morgan fingerprint density at radius 1 is 1.12 bits per heavy atom. The van der Waals surface area contributed by atoms with Crippen LogP contribution in [0.1, 0.15) is 40.0 Å². The third-order valence-electron chi connectivity index (χ3n) is 4.13. The second-order valence-corrected chi connectivity index (χ2v) is 7.01. The molecule has 1 aromatic carbocycles. The van der Waals surface area contributed by atoms with Crippen molar-refractivity contribution < 1.29 is 9.18 Å². The molecule has 1 atom stereocenters. The maximum absolute atomic E-state index is 13.0. The Bertz CT molecular complexity index is 784. The quantitative estimate of drug-likeness (QED) is 0.786. The highest BCUT2D eigenvalue weighted by Crippen LogP contribution is 2.15. The normalized spacial score (nSPS) is 12.2. The molecule has 0 aliphatic rings. The summed E-state index contributed by atoms with van der Waals surface area (Å²) in [6.07, 6.45) is 3.08. The van der Waals surface area contributed by atoms with E-state index < -0.39 is 0 Å². The van der Waals surface area contributed by atoms with Gasteiger partial charge in [0.15, 0.2) is 0 Å². The molecule has 140 valence electrons. The number of carbonyl (C=O) groups excluding carboxylic acids is 1. The van der Waals surface area contributed by atoms with Crippen LogP contribution in [0, 0.1) is 11.7 Å². The zero-order valence-corrected chi connectivity index (χ0v) is 15.5. The molecule has 2 aromatic rings. The van der Waals surface area contributed by atoms with E-state index in [1.54, 1.807) is 18.2 Å². The van der Waals surface area contributed by atoms with Gasteiger partial charge < -0.3 is 5.32 Å². The van der Waals surface area contributed by atoms with Gasteiger partial charge in [0.1, 0.15) is 12.4 Å². The van der Waals surface area contributed by atoms with Crippen molar-refractivity contribution in [2.24, 2.45) is 5.92 Å². The second kappa shape index (κ2) is 9.27. The monoisotopic (exact) mass is 359 g/mol. The van der Waals surface area contributed by atoms with Gasteiger partial charge in [0, 0.05) is 17.7 Å². The fourth-order valence-electron chi connectivity index (χ4n) is 2.70. The van der Waals surface area contributed by atoms with Crippen molar-refractivity contribution in [2.75, 3.05) is 0 Å². The van der Waals surface area contributed by atoms with Crippen LogP contribution in [-0.4, -0.2) is 21.7 Å². The molecular weight excluding hydrogens is 333 g/mol. The van der Waals surface area contributed by atoms with Gasteiger partial charge in [0.05, 0.1) is 5.69 Å². The fourth-order valence-corrected chi connectivity index (χ4v) is 2.70. The highest BCUT2D eigenvalue weighted by molar-refractivity contribution is 5.76. The van der Waals surface area contributed by atoms with Crippen LogP contribution in [0.3, 0.4) is 0 Å². The highest BCUT2D eigenvalue weighted by atomic mass is 19.1. The molecule has 0 saturated carbocycles. The lowest BCUT2D eigenvalue weighted by molar-refractivity contribution is -0.122. The summed E-state index contributed by atoms with van der Waals surface area (Å²) in [6, 6.07) is 8.82. The van der Waals surface area contributed by atoms with Crippen LogP contribution in [0.5, 0.6) is 0 Å². The van der Waals surface area contributed by atoms with Gasteiger partial charge in [-0.3, -0.25) is 9.59 Å². The molecule has 0 bridgehead atoms. The van der Waals surface area contributed by atoms with E-state index in [2.05, 4.69) is 24.3 Å². The first-order chi connectivity index (χ1) is 12.3. The van der Waals surface area contributed by atoms with Crippen LogP contribution in [0.2, 0.25) is 0 Å². The van der Waals surface area contributed by atoms with Crippen molar-refractivity contribution in [1.29, 1.82) is 0 Å². The molecule has 0 aliphatic carbocycles. The van der Waals surface area contributed by atoms with E-state index in [0.29, 0.717) is 17.2 Å². The van der Waals surface area contributed by atoms with Gasteiger partial charge in [-0.1, -0.05) is 26.7 Å². The Labute approximate surface area is 153 Å². The van der Waals surface area contributed by atoms with Crippen LogP contribution >= 0.6 is 0 Å². The van der Waals surface area contributed by atoms with Crippen molar-refractivity contribution in [3.63, 3.8) is 0 Å². The lowest BCUT2D eigenvalue weighted by Gasteiger charge is -2.15. The standard InChI is InChI=1S/C20H26FN3O2/c1-14(2)5-4-6-15(3)22-19(25)13-24-20(26)12-11-18(23-24)16-7-9-17(21)10-8-16/h7-12,14-15H,4-6,13H2,1-3H3,(H,22,25). The largest absolute Gasteiger partial charge is 0.352 e. The number of benzene rings is 1. The topological polar surface area (TPSA) is 64.0 Å². The summed E-state index contributed by atoms with van der Waals surface area (Å²) in [4.78, 5) is 24.2. The Morgan fingerprint density at radius 3 is 2.46 bits per heavy atom. The number of carbonyl (C=O) groups is 1. The zero-order valence-electron chi connectivity index (χ0n) is 15.5. The molecule has 0 aliphatic heterocycles. The number of halogens is 1. The Kier molecular flexibility index (Phi) is 7.06. The van der Waals surface area contributed by atoms with Gasteiger partial charge in [0.25, 0.3) is 5.56 Å². The summed E-state index contributed by atoms with van der Waals surface area (Å²) in [5, 5.41) is 7.13. The molecule has 0 radical (unpaired) electrons. The average molecular weight is 359 g/mol. The lowest BCUT2D eigenvalue weighted by atomic mass is 10.0. The minimum Gasteiger partial charge on any atom is -0.352 e. The molecule has 2 rings (SSSR count). The number of rotatable bonds is 8. The van der Waals surface area contributed by atoms with E-state index in [4.69, 9.17) is 0 Å². The van der Waals surface area contributed by atoms with Crippen molar-refractivity contribution >= 4 is 5.91 Å². The number of amides is 1. The molecule has 1 unspecified atom stereocenters. The van der Waals surface area contributed by atoms with Crippen LogP contribution < -0.4 is 10.9 Å². The minimum atomic E-state index is -0.349. The SMILES string of the molecule is CC(C)CCCC(C)NC(=O)Cn1nc(-c2ccc(F)cc2)ccc1=O. The predicted octanol–water partition coefficient (Wildman–Crippen LogP) is 3.38. The van der Waals surface area contributed by atoms with E-state index >= 15 is 0 Å². The molecule has 1 aromatic heterocycles. The summed E-state index contributed by atoms with van der Waals surface area (Å²) in [5.41, 5.74) is 0.850. The van der Waals surface area contributed by atoms with Crippen LogP contribution in [0.15, 0.2) is 41.2 Å². The van der Waals surface area contributed by atoms with Crippen molar-refractivity contribution in [2.45, 2.75) is 52.6 Å². The molecule has 0 fully saturated rings. The molecule has 1 amide bonds. The number of nitrogens with zero attached hydrogens (tertiary/aromatic N) is 2. The Balaban J connectivity index is 2.00. The first-order valence-corrected chi connectivity index (χ1v) is 8.98. The minimum absolute atomic E-state index is 0.0530. The number of nitrogens with one attached hydrogen (secondary N) is 1. The summed E-state index contributed by atoms with van der Waals surface area (Å²) < 4.78 is 14.2. The molecule has 0 spiro atoms. The van der Waals surface area contributed by atoms with Crippen molar-refractivity contribution in [3.05, 3.63) is 52.6 Å². The maximum Gasteiger partial charge on any atom is 0.267 e. The average Bonchev–Trinajstić information content (AvgIpc) is 2.57. The van der Waals surface area contributed by atoms with Gasteiger partial charge in [-0.15, -0.1) is 0 Å². The molecule has 5 nitrogen and oxygen atoms in total. The zero-order chi connectivity index (χ0) is 19.1. The fraction of sp³-hybridized carbons (Fsp3) is 0.450. The van der Waals surface area contributed by atoms with Crippen molar-refractivity contribution in [1.82, 2.24) is 15.1 Å². The van der Waals surface area contributed by atoms with Gasteiger partial charge in [-0.05, 0) is 49.6 Å². The van der Waals surface area contributed by atoms with E-state index in [0.717, 1.165) is 23.9 Å². The number of hydrogen-bond acceptors (Lipinski definition) is 3. The van der Waals surface area contributed by atoms with E-state index in [1.807, 2.05) is 6.92 Å². The van der Waals surface area contributed by atoms with E-state index in [-0.39, 0.29) is 29.9 Å². The number of hydrogen-bond donors (Lipinski definition) is 1. The highest BCUT2D eigenvalue weighted by Gasteiger charge is 2.11.